The molecule has 2 N–H and O–H groups in total. The molecule has 0 fully saturated rings. The van der Waals surface area contributed by atoms with Crippen molar-refractivity contribution in [2.24, 2.45) is 0 Å². The first-order valence-corrected chi connectivity index (χ1v) is 7.23. The monoisotopic (exact) mass is 322 g/mol. The van der Waals surface area contributed by atoms with Gasteiger partial charge in [0.2, 0.25) is 5.95 Å². The number of thiazole rings is 1. The van der Waals surface area contributed by atoms with Crippen LogP contribution in [0.2, 0.25) is 0 Å². The second-order valence-electron chi connectivity index (χ2n) is 4.04. The van der Waals surface area contributed by atoms with E-state index in [1.807, 2.05) is 17.0 Å². The Morgan fingerprint density at radius 2 is 2.33 bits per heavy atom. The molecule has 0 unspecified atom stereocenters. The van der Waals surface area contributed by atoms with E-state index in [1.54, 1.807) is 11.3 Å². The number of nitrogens with zero attached hydrogens (tertiary/aromatic N) is 2. The Labute approximate surface area is 117 Å². The number of nitrogens with one attached hydrogen (secondary N) is 2. The minimum Gasteiger partial charge on any atom is -0.350 e. The van der Waals surface area contributed by atoms with Crippen LogP contribution in [0.15, 0.2) is 27.5 Å². The first kappa shape index (κ1) is 11.7. The van der Waals surface area contributed by atoms with E-state index in [4.69, 9.17) is 0 Å². The summed E-state index contributed by atoms with van der Waals surface area (Å²) in [6.07, 6.45) is 0. The molecule has 0 amide bonds. The molecule has 0 aliphatic carbocycles. The van der Waals surface area contributed by atoms with E-state index in [1.165, 1.54) is 5.56 Å². The highest BCUT2D eigenvalue weighted by atomic mass is 79.9. The highest BCUT2D eigenvalue weighted by Crippen LogP contribution is 2.23. The lowest BCUT2D eigenvalue weighted by Crippen LogP contribution is -2.00. The zero-order valence-corrected chi connectivity index (χ0v) is 12.1. The van der Waals surface area contributed by atoms with E-state index in [0.717, 1.165) is 27.1 Å². The van der Waals surface area contributed by atoms with Gasteiger partial charge >= 0.3 is 0 Å². The summed E-state index contributed by atoms with van der Waals surface area (Å²) in [5.74, 6) is 0.774. The average molecular weight is 323 g/mol. The van der Waals surface area contributed by atoms with Gasteiger partial charge in [0, 0.05) is 9.85 Å². The van der Waals surface area contributed by atoms with Crippen molar-refractivity contribution in [3.63, 3.8) is 0 Å². The van der Waals surface area contributed by atoms with Crippen molar-refractivity contribution in [3.05, 3.63) is 38.8 Å². The Kier molecular flexibility index (Phi) is 3.05. The number of fused-ring (bicyclic) bond motifs is 1. The van der Waals surface area contributed by atoms with E-state index in [0.29, 0.717) is 6.54 Å². The fourth-order valence-corrected chi connectivity index (χ4v) is 2.61. The third kappa shape index (κ3) is 2.26. The molecule has 0 spiro atoms. The van der Waals surface area contributed by atoms with Gasteiger partial charge in [0.25, 0.3) is 0 Å². The molecule has 4 nitrogen and oxygen atoms in total. The number of halogens is 1. The van der Waals surface area contributed by atoms with Crippen LogP contribution >= 0.6 is 27.3 Å². The molecule has 0 atom stereocenters. The van der Waals surface area contributed by atoms with Crippen molar-refractivity contribution >= 4 is 44.2 Å². The van der Waals surface area contributed by atoms with Crippen LogP contribution < -0.4 is 5.32 Å². The van der Waals surface area contributed by atoms with Gasteiger partial charge in [-0.25, -0.2) is 9.97 Å². The number of rotatable bonds is 3. The lowest BCUT2D eigenvalue weighted by atomic mass is 10.2. The number of hydrogen-bond acceptors (Lipinski definition) is 4. The molecule has 0 aliphatic heterocycles. The van der Waals surface area contributed by atoms with Gasteiger partial charge in [0.05, 0.1) is 28.8 Å². The molecule has 2 heterocycles. The van der Waals surface area contributed by atoms with E-state index in [-0.39, 0.29) is 0 Å². The molecule has 0 saturated carbocycles. The Hall–Kier alpha value is -1.40. The fourth-order valence-electron chi connectivity index (χ4n) is 1.72. The molecule has 1 aromatic carbocycles. The summed E-state index contributed by atoms with van der Waals surface area (Å²) in [4.78, 5) is 12.0. The van der Waals surface area contributed by atoms with Crippen LogP contribution in [-0.2, 0) is 6.54 Å². The van der Waals surface area contributed by atoms with Crippen LogP contribution in [-0.4, -0.2) is 15.0 Å². The second-order valence-corrected chi connectivity index (χ2v) is 5.61. The number of aryl methyl sites for hydroxylation is 1. The zero-order valence-electron chi connectivity index (χ0n) is 9.70. The standard InChI is InChI=1S/C12H11BrN4S/c1-7-2-10-11(3-9(7)13)17-12(16-10)14-4-8-5-18-6-15-8/h2-3,5-6H,4H2,1H3,(H2,14,16,17). The van der Waals surface area contributed by atoms with Gasteiger partial charge in [0.15, 0.2) is 0 Å². The van der Waals surface area contributed by atoms with Crippen molar-refractivity contribution in [3.8, 4) is 0 Å². The summed E-state index contributed by atoms with van der Waals surface area (Å²) in [6.45, 7) is 2.75. The molecule has 3 rings (SSSR count). The molecule has 0 radical (unpaired) electrons. The van der Waals surface area contributed by atoms with Crippen molar-refractivity contribution in [2.45, 2.75) is 13.5 Å². The largest absolute Gasteiger partial charge is 0.350 e. The number of imidazole rings is 1. The highest BCUT2D eigenvalue weighted by molar-refractivity contribution is 9.10. The van der Waals surface area contributed by atoms with Crippen LogP contribution in [0.25, 0.3) is 11.0 Å². The molecular weight excluding hydrogens is 312 g/mol. The smallest absolute Gasteiger partial charge is 0.201 e. The maximum absolute atomic E-state index is 4.49. The fraction of sp³-hybridized carbons (Fsp3) is 0.167. The average Bonchev–Trinajstić information content (AvgIpc) is 2.96. The minimum atomic E-state index is 0.684. The molecule has 0 bridgehead atoms. The van der Waals surface area contributed by atoms with E-state index < -0.39 is 0 Å². The summed E-state index contributed by atoms with van der Waals surface area (Å²) in [7, 11) is 0. The van der Waals surface area contributed by atoms with E-state index in [9.17, 15) is 0 Å². The summed E-state index contributed by atoms with van der Waals surface area (Å²) in [6, 6.07) is 4.11. The van der Waals surface area contributed by atoms with Gasteiger partial charge in [0.1, 0.15) is 0 Å². The van der Waals surface area contributed by atoms with Crippen molar-refractivity contribution in [2.75, 3.05) is 5.32 Å². The van der Waals surface area contributed by atoms with Gasteiger partial charge in [-0.1, -0.05) is 15.9 Å². The van der Waals surface area contributed by atoms with Gasteiger partial charge in [-0.2, -0.15) is 0 Å². The summed E-state index contributed by atoms with van der Waals surface area (Å²) in [5.41, 5.74) is 6.04. The third-order valence-electron chi connectivity index (χ3n) is 2.68. The number of H-pyrrole nitrogens is 1. The Bertz CT molecular complexity index is 636. The zero-order chi connectivity index (χ0) is 12.5. The Morgan fingerprint density at radius 3 is 3.11 bits per heavy atom. The first-order valence-electron chi connectivity index (χ1n) is 5.49. The molecule has 18 heavy (non-hydrogen) atoms. The highest BCUT2D eigenvalue weighted by Gasteiger charge is 2.05. The molecule has 6 heteroatoms. The van der Waals surface area contributed by atoms with E-state index >= 15 is 0 Å². The predicted octanol–water partition coefficient (Wildman–Crippen LogP) is 3.70. The maximum Gasteiger partial charge on any atom is 0.201 e. The topological polar surface area (TPSA) is 53.6 Å². The molecule has 92 valence electrons. The maximum atomic E-state index is 4.49. The molecule has 0 aliphatic rings. The lowest BCUT2D eigenvalue weighted by molar-refractivity contribution is 1.04. The van der Waals surface area contributed by atoms with Gasteiger partial charge < -0.3 is 10.3 Å². The van der Waals surface area contributed by atoms with Gasteiger partial charge in [-0.3, -0.25) is 0 Å². The Balaban J connectivity index is 1.85. The lowest BCUT2D eigenvalue weighted by Gasteiger charge is -1.98. The van der Waals surface area contributed by atoms with Crippen molar-refractivity contribution < 1.29 is 0 Å². The quantitative estimate of drug-likeness (QED) is 0.773. The summed E-state index contributed by atoms with van der Waals surface area (Å²) >= 11 is 5.11. The number of aromatic nitrogens is 3. The normalized spacial score (nSPS) is 11.0. The van der Waals surface area contributed by atoms with Crippen LogP contribution in [0, 0.1) is 6.92 Å². The summed E-state index contributed by atoms with van der Waals surface area (Å²) in [5, 5.41) is 5.26. The predicted molar refractivity (Wildman–Crippen MR) is 78.0 cm³/mol. The van der Waals surface area contributed by atoms with E-state index in [2.05, 4.69) is 49.2 Å². The SMILES string of the molecule is Cc1cc2[nH]c(NCc3cscn3)nc2cc1Br. The summed E-state index contributed by atoms with van der Waals surface area (Å²) < 4.78 is 1.08. The van der Waals surface area contributed by atoms with Crippen LogP contribution in [0.5, 0.6) is 0 Å². The van der Waals surface area contributed by atoms with Gasteiger partial charge in [-0.05, 0) is 24.6 Å². The van der Waals surface area contributed by atoms with Crippen LogP contribution in [0.4, 0.5) is 5.95 Å². The number of hydrogen-bond donors (Lipinski definition) is 2. The van der Waals surface area contributed by atoms with Crippen molar-refractivity contribution in [1.29, 1.82) is 0 Å². The molecule has 2 aromatic heterocycles. The number of anilines is 1. The van der Waals surface area contributed by atoms with Crippen LogP contribution in [0.3, 0.4) is 0 Å². The number of benzene rings is 1. The third-order valence-corrected chi connectivity index (χ3v) is 4.17. The first-order chi connectivity index (χ1) is 8.72. The molecular formula is C12H11BrN4S. The molecule has 3 aromatic rings. The van der Waals surface area contributed by atoms with Gasteiger partial charge in [-0.15, -0.1) is 11.3 Å². The Morgan fingerprint density at radius 1 is 1.44 bits per heavy atom. The molecule has 0 saturated heterocycles. The second kappa shape index (κ2) is 4.70. The minimum absolute atomic E-state index is 0.684. The van der Waals surface area contributed by atoms with Crippen LogP contribution in [0.1, 0.15) is 11.3 Å². The van der Waals surface area contributed by atoms with Crippen molar-refractivity contribution in [1.82, 2.24) is 15.0 Å². The number of aromatic amines is 1.